The number of H-pyrrole nitrogens is 2. The van der Waals surface area contributed by atoms with Gasteiger partial charge in [0.15, 0.2) is 0 Å². The standard InChI is InChI=1S/C12H18N4O2/c1-11(2)7-4-5-12(11,3)8(6-7)15-16-9(17)13-14-10(16)18/h7H,4-6H2,1-3H3,(H,13,17)(H,14,18)/b15-8+/t7-,12-/m1/s1. The Labute approximate surface area is 104 Å². The van der Waals surface area contributed by atoms with Gasteiger partial charge in [0.2, 0.25) is 0 Å². The second kappa shape index (κ2) is 3.24. The van der Waals surface area contributed by atoms with E-state index in [1.807, 2.05) is 0 Å². The van der Waals surface area contributed by atoms with Gasteiger partial charge in [0, 0.05) is 11.1 Å². The maximum atomic E-state index is 11.5. The highest BCUT2D eigenvalue weighted by molar-refractivity contribution is 5.94. The van der Waals surface area contributed by atoms with Gasteiger partial charge in [-0.3, -0.25) is 0 Å². The predicted molar refractivity (Wildman–Crippen MR) is 67.7 cm³/mol. The molecule has 2 aliphatic rings. The number of aromatic nitrogens is 3. The van der Waals surface area contributed by atoms with Crippen LogP contribution in [-0.4, -0.2) is 20.6 Å². The summed E-state index contributed by atoms with van der Waals surface area (Å²) >= 11 is 0. The Kier molecular flexibility index (Phi) is 2.07. The summed E-state index contributed by atoms with van der Waals surface area (Å²) in [6, 6.07) is 0. The van der Waals surface area contributed by atoms with E-state index in [2.05, 4.69) is 36.1 Å². The molecule has 2 aliphatic carbocycles. The number of rotatable bonds is 1. The molecule has 18 heavy (non-hydrogen) atoms. The van der Waals surface area contributed by atoms with Crippen molar-refractivity contribution in [3.05, 3.63) is 21.0 Å². The number of nitrogens with one attached hydrogen (secondary N) is 2. The van der Waals surface area contributed by atoms with Crippen LogP contribution >= 0.6 is 0 Å². The van der Waals surface area contributed by atoms with E-state index >= 15 is 0 Å². The minimum Gasteiger partial charge on any atom is -0.246 e. The Morgan fingerprint density at radius 1 is 1.22 bits per heavy atom. The van der Waals surface area contributed by atoms with Gasteiger partial charge in [-0.15, -0.1) is 4.68 Å². The third-order valence-corrected chi connectivity index (χ3v) is 5.39. The van der Waals surface area contributed by atoms with Crippen LogP contribution in [0.3, 0.4) is 0 Å². The van der Waals surface area contributed by atoms with Crippen molar-refractivity contribution in [2.75, 3.05) is 0 Å². The summed E-state index contributed by atoms with van der Waals surface area (Å²) in [6.07, 6.45) is 3.18. The topological polar surface area (TPSA) is 83.0 Å². The minimum atomic E-state index is -0.503. The molecule has 2 atom stereocenters. The summed E-state index contributed by atoms with van der Waals surface area (Å²) in [7, 11) is 0. The van der Waals surface area contributed by atoms with Gasteiger partial charge < -0.3 is 0 Å². The second-order valence-corrected chi connectivity index (χ2v) is 6.21. The average molecular weight is 250 g/mol. The van der Waals surface area contributed by atoms with Crippen molar-refractivity contribution >= 4 is 5.71 Å². The molecule has 2 fully saturated rings. The lowest BCUT2D eigenvalue weighted by molar-refractivity contribution is 0.193. The Morgan fingerprint density at radius 2 is 1.83 bits per heavy atom. The van der Waals surface area contributed by atoms with Gasteiger partial charge in [-0.05, 0) is 30.6 Å². The van der Waals surface area contributed by atoms with Crippen molar-refractivity contribution in [1.29, 1.82) is 0 Å². The maximum absolute atomic E-state index is 11.5. The highest BCUT2D eigenvalue weighted by Crippen LogP contribution is 2.63. The maximum Gasteiger partial charge on any atom is 0.365 e. The van der Waals surface area contributed by atoms with Crippen LogP contribution in [0.25, 0.3) is 0 Å². The summed E-state index contributed by atoms with van der Waals surface area (Å²) in [4.78, 5) is 22.9. The van der Waals surface area contributed by atoms with Crippen molar-refractivity contribution in [2.45, 2.75) is 40.0 Å². The van der Waals surface area contributed by atoms with Crippen LogP contribution in [-0.2, 0) is 0 Å². The molecule has 0 saturated heterocycles. The lowest BCUT2D eigenvalue weighted by Gasteiger charge is -2.34. The first-order valence-electron chi connectivity index (χ1n) is 6.34. The van der Waals surface area contributed by atoms with E-state index in [1.54, 1.807) is 0 Å². The van der Waals surface area contributed by atoms with E-state index in [9.17, 15) is 9.59 Å². The van der Waals surface area contributed by atoms with Gasteiger partial charge in [0.25, 0.3) is 0 Å². The minimum absolute atomic E-state index is 0.000810. The van der Waals surface area contributed by atoms with E-state index in [0.717, 1.165) is 23.2 Å². The Bertz CT molecular complexity index is 605. The van der Waals surface area contributed by atoms with Crippen molar-refractivity contribution in [3.8, 4) is 0 Å². The van der Waals surface area contributed by atoms with Crippen LogP contribution in [0.15, 0.2) is 14.7 Å². The van der Waals surface area contributed by atoms with Crippen molar-refractivity contribution in [1.82, 2.24) is 14.9 Å². The molecule has 2 N–H and O–H groups in total. The molecule has 98 valence electrons. The molecule has 0 amide bonds. The SMILES string of the molecule is CC1(C)[C@@H]2CC[C@]1(C)/C(=N/n1c(=O)[nH][nH]c1=O)C2. The van der Waals surface area contributed by atoms with E-state index in [-0.39, 0.29) is 10.8 Å². The fraction of sp³-hybridized carbons (Fsp3) is 0.750. The molecule has 0 radical (unpaired) electrons. The van der Waals surface area contributed by atoms with Crippen molar-refractivity contribution in [3.63, 3.8) is 0 Å². The van der Waals surface area contributed by atoms with Crippen molar-refractivity contribution < 1.29 is 0 Å². The highest BCUT2D eigenvalue weighted by atomic mass is 16.2. The van der Waals surface area contributed by atoms with Crippen molar-refractivity contribution in [2.24, 2.45) is 21.8 Å². The molecule has 2 saturated carbocycles. The summed E-state index contributed by atoms with van der Waals surface area (Å²) in [6.45, 7) is 6.72. The molecule has 0 aliphatic heterocycles. The van der Waals surface area contributed by atoms with Gasteiger partial charge in [-0.2, -0.15) is 5.10 Å². The zero-order chi connectivity index (χ0) is 13.1. The molecule has 3 rings (SSSR count). The highest BCUT2D eigenvalue weighted by Gasteiger charge is 2.60. The predicted octanol–water partition coefficient (Wildman–Crippen LogP) is 0.915. The fourth-order valence-corrected chi connectivity index (χ4v) is 3.60. The van der Waals surface area contributed by atoms with Gasteiger partial charge in [0.1, 0.15) is 0 Å². The third-order valence-electron chi connectivity index (χ3n) is 5.39. The molecule has 1 aromatic rings. The first-order chi connectivity index (χ1) is 8.36. The first kappa shape index (κ1) is 11.5. The van der Waals surface area contributed by atoms with Crippen LogP contribution in [0.4, 0.5) is 0 Å². The van der Waals surface area contributed by atoms with Gasteiger partial charge in [0.05, 0.1) is 0 Å². The molecular formula is C12H18N4O2. The summed E-state index contributed by atoms with van der Waals surface area (Å²) < 4.78 is 0.900. The first-order valence-corrected chi connectivity index (χ1v) is 6.34. The van der Waals surface area contributed by atoms with E-state index in [1.165, 1.54) is 6.42 Å². The lowest BCUT2D eigenvalue weighted by Crippen LogP contribution is -2.34. The number of hydrogen-bond donors (Lipinski definition) is 2. The Morgan fingerprint density at radius 3 is 2.28 bits per heavy atom. The number of nitrogens with zero attached hydrogens (tertiary/aromatic N) is 2. The number of aromatic amines is 2. The molecule has 6 nitrogen and oxygen atoms in total. The Balaban J connectivity index is 2.11. The third kappa shape index (κ3) is 1.20. The molecule has 0 unspecified atom stereocenters. The van der Waals surface area contributed by atoms with Gasteiger partial charge >= 0.3 is 11.4 Å². The smallest absolute Gasteiger partial charge is 0.246 e. The Hall–Kier alpha value is -1.59. The quantitative estimate of drug-likeness (QED) is 0.776. The fourth-order valence-electron chi connectivity index (χ4n) is 3.60. The molecule has 6 heteroatoms. The van der Waals surface area contributed by atoms with Crippen LogP contribution in [0.2, 0.25) is 0 Å². The van der Waals surface area contributed by atoms with E-state index < -0.39 is 11.4 Å². The second-order valence-electron chi connectivity index (χ2n) is 6.21. The molecule has 1 aromatic heterocycles. The normalized spacial score (nSPS) is 35.5. The van der Waals surface area contributed by atoms with E-state index in [0.29, 0.717) is 5.92 Å². The molecule has 2 bridgehead atoms. The summed E-state index contributed by atoms with van der Waals surface area (Å²) in [5.41, 5.74) is 0.170. The number of fused-ring (bicyclic) bond motifs is 2. The largest absolute Gasteiger partial charge is 0.365 e. The molecule has 1 heterocycles. The van der Waals surface area contributed by atoms with Crippen LogP contribution in [0, 0.1) is 16.7 Å². The molecule has 0 aromatic carbocycles. The summed E-state index contributed by atoms with van der Waals surface area (Å²) in [5, 5.41) is 8.82. The van der Waals surface area contributed by atoms with Crippen LogP contribution in [0.1, 0.15) is 40.0 Å². The summed E-state index contributed by atoms with van der Waals surface area (Å²) in [5.74, 6) is 0.606. The van der Waals surface area contributed by atoms with Crippen LogP contribution in [0.5, 0.6) is 0 Å². The lowest BCUT2D eigenvalue weighted by atomic mass is 9.70. The molecular weight excluding hydrogens is 232 g/mol. The zero-order valence-electron chi connectivity index (χ0n) is 10.9. The molecule has 0 spiro atoms. The monoisotopic (exact) mass is 250 g/mol. The van der Waals surface area contributed by atoms with Gasteiger partial charge in [-0.25, -0.2) is 19.8 Å². The average Bonchev–Trinajstić information content (AvgIpc) is 2.79. The zero-order valence-corrected chi connectivity index (χ0v) is 10.9. The van der Waals surface area contributed by atoms with Gasteiger partial charge in [-0.1, -0.05) is 20.8 Å². The number of hydrogen-bond acceptors (Lipinski definition) is 3. The van der Waals surface area contributed by atoms with Crippen LogP contribution < -0.4 is 11.4 Å². The van der Waals surface area contributed by atoms with E-state index in [4.69, 9.17) is 0 Å².